The molecule has 0 aromatic heterocycles. The summed E-state index contributed by atoms with van der Waals surface area (Å²) in [7, 11) is 1.62. The van der Waals surface area contributed by atoms with E-state index in [1.165, 1.54) is 0 Å². The quantitative estimate of drug-likeness (QED) is 0.634. The maximum atomic E-state index is 13.0. The van der Waals surface area contributed by atoms with E-state index in [2.05, 4.69) is 0 Å². The van der Waals surface area contributed by atoms with Gasteiger partial charge in [0.25, 0.3) is 0 Å². The van der Waals surface area contributed by atoms with E-state index in [-0.39, 0.29) is 11.9 Å². The lowest BCUT2D eigenvalue weighted by molar-refractivity contribution is -0.126. The zero-order valence-corrected chi connectivity index (χ0v) is 18.1. The van der Waals surface area contributed by atoms with Crippen molar-refractivity contribution in [2.45, 2.75) is 32.2 Å². The van der Waals surface area contributed by atoms with E-state index in [1.807, 2.05) is 54.3 Å². The standard InChI is InChI=1S/C25H29NO5/c1-3-29-23-16-18(7-10-21(23)28-2)8-12-25(27)26-13-4-6-20(26)19-9-11-22-24(17-19)31-15-5-14-30-22/h7-12,16-17,20H,3-6,13-15H2,1-2H3/b12-8+. The first-order valence-corrected chi connectivity index (χ1v) is 10.9. The summed E-state index contributed by atoms with van der Waals surface area (Å²) in [4.78, 5) is 14.9. The number of carbonyl (C=O) groups is 1. The van der Waals surface area contributed by atoms with Crippen molar-refractivity contribution in [2.75, 3.05) is 33.5 Å². The normalized spacial score (nSPS) is 18.1. The lowest BCUT2D eigenvalue weighted by Gasteiger charge is -2.24. The molecule has 0 bridgehead atoms. The molecule has 1 saturated heterocycles. The van der Waals surface area contributed by atoms with Crippen molar-refractivity contribution in [3.63, 3.8) is 0 Å². The third kappa shape index (κ3) is 4.79. The van der Waals surface area contributed by atoms with Crippen LogP contribution < -0.4 is 18.9 Å². The SMILES string of the molecule is CCOc1cc(/C=C/C(=O)N2CCCC2c2ccc3c(c2)OCCCO3)ccc1OC. The van der Waals surface area contributed by atoms with Gasteiger partial charge in [-0.05, 0) is 61.2 Å². The van der Waals surface area contributed by atoms with Crippen LogP contribution in [-0.2, 0) is 4.79 Å². The van der Waals surface area contributed by atoms with Gasteiger partial charge in [0.05, 0.1) is 33.0 Å². The summed E-state index contributed by atoms with van der Waals surface area (Å²) in [6, 6.07) is 11.7. The van der Waals surface area contributed by atoms with E-state index in [1.54, 1.807) is 13.2 Å². The summed E-state index contributed by atoms with van der Waals surface area (Å²) in [5.74, 6) is 2.90. The third-order valence-corrected chi connectivity index (χ3v) is 5.60. The van der Waals surface area contributed by atoms with Crippen molar-refractivity contribution in [2.24, 2.45) is 0 Å². The lowest BCUT2D eigenvalue weighted by Crippen LogP contribution is -2.28. The first kappa shape index (κ1) is 21.1. The number of rotatable bonds is 6. The highest BCUT2D eigenvalue weighted by Crippen LogP contribution is 2.38. The van der Waals surface area contributed by atoms with Crippen LogP contribution in [0.2, 0.25) is 0 Å². The maximum Gasteiger partial charge on any atom is 0.247 e. The Morgan fingerprint density at radius 3 is 2.74 bits per heavy atom. The molecule has 2 aliphatic heterocycles. The van der Waals surface area contributed by atoms with Crippen LogP contribution in [0.1, 0.15) is 43.4 Å². The molecule has 31 heavy (non-hydrogen) atoms. The van der Waals surface area contributed by atoms with Crippen molar-refractivity contribution >= 4 is 12.0 Å². The van der Waals surface area contributed by atoms with E-state index in [0.717, 1.165) is 48.4 Å². The zero-order valence-electron chi connectivity index (χ0n) is 18.1. The van der Waals surface area contributed by atoms with Crippen LogP contribution in [0.4, 0.5) is 0 Å². The minimum absolute atomic E-state index is 0.00314. The van der Waals surface area contributed by atoms with Gasteiger partial charge in [0.2, 0.25) is 5.91 Å². The molecule has 2 aliphatic rings. The lowest BCUT2D eigenvalue weighted by atomic mass is 10.0. The first-order valence-electron chi connectivity index (χ1n) is 10.9. The Bertz CT molecular complexity index is 955. The largest absolute Gasteiger partial charge is 0.493 e. The molecule has 2 aromatic rings. The number of fused-ring (bicyclic) bond motifs is 1. The summed E-state index contributed by atoms with van der Waals surface area (Å²) >= 11 is 0. The highest BCUT2D eigenvalue weighted by atomic mass is 16.5. The first-order chi connectivity index (χ1) is 15.2. The Morgan fingerprint density at radius 2 is 1.94 bits per heavy atom. The van der Waals surface area contributed by atoms with Gasteiger partial charge in [0, 0.05) is 19.0 Å². The van der Waals surface area contributed by atoms with Crippen molar-refractivity contribution < 1.29 is 23.7 Å². The minimum atomic E-state index is 0.00314. The predicted molar refractivity (Wildman–Crippen MR) is 119 cm³/mol. The van der Waals surface area contributed by atoms with E-state index < -0.39 is 0 Å². The summed E-state index contributed by atoms with van der Waals surface area (Å²) < 4.78 is 22.5. The van der Waals surface area contributed by atoms with Crippen molar-refractivity contribution in [1.29, 1.82) is 0 Å². The van der Waals surface area contributed by atoms with Gasteiger partial charge >= 0.3 is 0 Å². The Labute approximate surface area is 183 Å². The smallest absolute Gasteiger partial charge is 0.247 e. The summed E-state index contributed by atoms with van der Waals surface area (Å²) in [6.07, 6.45) is 6.26. The number of ether oxygens (including phenoxy) is 4. The van der Waals surface area contributed by atoms with Gasteiger partial charge in [-0.1, -0.05) is 12.1 Å². The molecule has 6 nitrogen and oxygen atoms in total. The molecule has 0 spiro atoms. The van der Waals surface area contributed by atoms with Crippen LogP contribution in [0.3, 0.4) is 0 Å². The molecule has 0 N–H and O–H groups in total. The Balaban J connectivity index is 1.49. The van der Waals surface area contributed by atoms with Crippen molar-refractivity contribution in [3.05, 3.63) is 53.6 Å². The van der Waals surface area contributed by atoms with Crippen molar-refractivity contribution in [1.82, 2.24) is 4.90 Å². The second kappa shape index (κ2) is 9.77. The predicted octanol–water partition coefficient (Wildman–Crippen LogP) is 4.63. The molecule has 164 valence electrons. The second-order valence-electron chi connectivity index (χ2n) is 7.62. The number of methoxy groups -OCH3 is 1. The van der Waals surface area contributed by atoms with Crippen LogP contribution in [0, 0.1) is 0 Å². The summed E-state index contributed by atoms with van der Waals surface area (Å²) in [5.41, 5.74) is 1.98. The van der Waals surface area contributed by atoms with E-state index in [9.17, 15) is 4.79 Å². The Kier molecular flexibility index (Phi) is 6.65. The molecule has 0 radical (unpaired) electrons. The topological polar surface area (TPSA) is 57.2 Å². The molecule has 1 atom stereocenters. The van der Waals surface area contributed by atoms with Crippen LogP contribution in [-0.4, -0.2) is 44.3 Å². The fourth-order valence-corrected chi connectivity index (χ4v) is 4.09. The molecular weight excluding hydrogens is 394 g/mol. The molecule has 6 heteroatoms. The number of carbonyl (C=O) groups excluding carboxylic acids is 1. The van der Waals surface area contributed by atoms with Gasteiger partial charge in [0.15, 0.2) is 23.0 Å². The van der Waals surface area contributed by atoms with Gasteiger partial charge in [-0.15, -0.1) is 0 Å². The molecule has 2 aromatic carbocycles. The number of likely N-dealkylation sites (tertiary alicyclic amines) is 1. The molecule has 1 fully saturated rings. The Morgan fingerprint density at radius 1 is 1.10 bits per heavy atom. The van der Waals surface area contributed by atoms with Gasteiger partial charge in [-0.25, -0.2) is 0 Å². The van der Waals surface area contributed by atoms with E-state index in [4.69, 9.17) is 18.9 Å². The number of benzene rings is 2. The highest BCUT2D eigenvalue weighted by Gasteiger charge is 2.29. The highest BCUT2D eigenvalue weighted by molar-refractivity contribution is 5.92. The van der Waals surface area contributed by atoms with Crippen LogP contribution in [0.5, 0.6) is 23.0 Å². The molecule has 0 aliphatic carbocycles. The van der Waals surface area contributed by atoms with E-state index >= 15 is 0 Å². The minimum Gasteiger partial charge on any atom is -0.493 e. The molecular formula is C25H29NO5. The van der Waals surface area contributed by atoms with E-state index in [0.29, 0.717) is 31.3 Å². The molecule has 4 rings (SSSR count). The van der Waals surface area contributed by atoms with Crippen LogP contribution in [0.25, 0.3) is 6.08 Å². The van der Waals surface area contributed by atoms with Crippen molar-refractivity contribution in [3.8, 4) is 23.0 Å². The fraction of sp³-hybridized carbons (Fsp3) is 0.400. The monoisotopic (exact) mass is 423 g/mol. The molecule has 1 unspecified atom stereocenters. The van der Waals surface area contributed by atoms with Gasteiger partial charge in [-0.2, -0.15) is 0 Å². The molecule has 0 saturated carbocycles. The average Bonchev–Trinajstić information content (AvgIpc) is 3.16. The fourth-order valence-electron chi connectivity index (χ4n) is 4.09. The summed E-state index contributed by atoms with van der Waals surface area (Å²) in [5, 5.41) is 0. The third-order valence-electron chi connectivity index (χ3n) is 5.60. The van der Waals surface area contributed by atoms with Gasteiger partial charge in [-0.3, -0.25) is 4.79 Å². The average molecular weight is 424 g/mol. The number of nitrogens with zero attached hydrogens (tertiary/aromatic N) is 1. The Hall–Kier alpha value is -3.15. The van der Waals surface area contributed by atoms with Crippen LogP contribution in [0.15, 0.2) is 42.5 Å². The van der Waals surface area contributed by atoms with Gasteiger partial charge in [0.1, 0.15) is 0 Å². The molecule has 1 amide bonds. The maximum absolute atomic E-state index is 13.0. The number of hydrogen-bond acceptors (Lipinski definition) is 5. The van der Waals surface area contributed by atoms with Gasteiger partial charge < -0.3 is 23.8 Å². The number of amides is 1. The van der Waals surface area contributed by atoms with Crippen LogP contribution >= 0.6 is 0 Å². The zero-order chi connectivity index (χ0) is 21.6. The second-order valence-corrected chi connectivity index (χ2v) is 7.62. The molecule has 2 heterocycles. The summed E-state index contributed by atoms with van der Waals surface area (Å²) in [6.45, 7) is 4.54. The number of hydrogen-bond donors (Lipinski definition) is 0.